The lowest BCUT2D eigenvalue weighted by Crippen LogP contribution is -2.41. The topological polar surface area (TPSA) is 51.0 Å². The van der Waals surface area contributed by atoms with Gasteiger partial charge >= 0.3 is 0 Å². The Hall–Kier alpha value is -0.900. The van der Waals surface area contributed by atoms with Gasteiger partial charge in [-0.3, -0.25) is 0 Å². The quantitative estimate of drug-likeness (QED) is 0.739. The minimum absolute atomic E-state index is 0.433. The molecule has 14 heavy (non-hydrogen) atoms. The van der Waals surface area contributed by atoms with Gasteiger partial charge in [-0.15, -0.1) is 10.2 Å². The molecule has 4 nitrogen and oxygen atoms in total. The van der Waals surface area contributed by atoms with Gasteiger partial charge in [0.25, 0.3) is 0 Å². The molecule has 0 aliphatic carbocycles. The molecular weight excluding hydrogens is 178 g/mol. The molecule has 1 aromatic heterocycles. The fourth-order valence-electron chi connectivity index (χ4n) is 2.25. The number of rotatable bonds is 1. The summed E-state index contributed by atoms with van der Waals surface area (Å²) in [5.41, 5.74) is 0. The van der Waals surface area contributed by atoms with Crippen LogP contribution >= 0.6 is 0 Å². The van der Waals surface area contributed by atoms with Crippen molar-refractivity contribution in [3.63, 3.8) is 0 Å². The van der Waals surface area contributed by atoms with E-state index in [1.54, 1.807) is 0 Å². The van der Waals surface area contributed by atoms with Crippen molar-refractivity contribution < 1.29 is 4.42 Å². The van der Waals surface area contributed by atoms with Crippen LogP contribution in [0.4, 0.5) is 0 Å². The standard InChI is InChI=1S/C10H17N3O/c1-6-4-9(5-7(2)11-6)10-13-12-8(3)14-10/h6-7,9,11H,4-5H2,1-3H3/t6-,7-/m0/s1. The molecule has 0 saturated carbocycles. The zero-order valence-electron chi connectivity index (χ0n) is 8.95. The largest absolute Gasteiger partial charge is 0.425 e. The fraction of sp³-hybridized carbons (Fsp3) is 0.800. The van der Waals surface area contributed by atoms with Gasteiger partial charge in [-0.2, -0.15) is 0 Å². The molecule has 0 bridgehead atoms. The van der Waals surface area contributed by atoms with Crippen LogP contribution in [0.5, 0.6) is 0 Å². The lowest BCUT2D eigenvalue weighted by molar-refractivity contribution is 0.280. The van der Waals surface area contributed by atoms with Crippen LogP contribution in [-0.2, 0) is 0 Å². The third kappa shape index (κ3) is 1.95. The molecule has 1 aliphatic heterocycles. The summed E-state index contributed by atoms with van der Waals surface area (Å²) in [7, 11) is 0. The summed E-state index contributed by atoms with van der Waals surface area (Å²) in [4.78, 5) is 0. The first-order valence-electron chi connectivity index (χ1n) is 5.21. The molecular formula is C10H17N3O. The molecule has 2 rings (SSSR count). The predicted molar refractivity (Wildman–Crippen MR) is 53.1 cm³/mol. The van der Waals surface area contributed by atoms with Crippen LogP contribution < -0.4 is 5.32 Å². The number of nitrogens with one attached hydrogen (secondary N) is 1. The van der Waals surface area contributed by atoms with Crippen molar-refractivity contribution in [3.8, 4) is 0 Å². The lowest BCUT2D eigenvalue weighted by Gasteiger charge is -2.30. The molecule has 78 valence electrons. The summed E-state index contributed by atoms with van der Waals surface area (Å²) in [5.74, 6) is 1.91. The van der Waals surface area contributed by atoms with E-state index in [2.05, 4.69) is 29.4 Å². The normalized spacial score (nSPS) is 33.2. The van der Waals surface area contributed by atoms with Crippen molar-refractivity contribution >= 4 is 0 Å². The maximum atomic E-state index is 5.47. The highest BCUT2D eigenvalue weighted by molar-refractivity contribution is 4.97. The van der Waals surface area contributed by atoms with Crippen LogP contribution in [0.2, 0.25) is 0 Å². The molecule has 1 aliphatic rings. The summed E-state index contributed by atoms with van der Waals surface area (Å²) in [6.07, 6.45) is 2.18. The van der Waals surface area contributed by atoms with Gasteiger partial charge in [0.1, 0.15) is 0 Å². The van der Waals surface area contributed by atoms with E-state index >= 15 is 0 Å². The molecule has 1 fully saturated rings. The molecule has 1 saturated heterocycles. The van der Waals surface area contributed by atoms with Crippen LogP contribution in [0.3, 0.4) is 0 Å². The maximum Gasteiger partial charge on any atom is 0.219 e. The zero-order chi connectivity index (χ0) is 10.1. The molecule has 2 heterocycles. The molecule has 1 N–H and O–H groups in total. The highest BCUT2D eigenvalue weighted by atomic mass is 16.4. The van der Waals surface area contributed by atoms with Crippen LogP contribution in [0.1, 0.15) is 44.4 Å². The van der Waals surface area contributed by atoms with Crippen LogP contribution in [0.25, 0.3) is 0 Å². The first-order valence-corrected chi connectivity index (χ1v) is 5.21. The molecule has 0 amide bonds. The Kier molecular flexibility index (Phi) is 2.54. The predicted octanol–water partition coefficient (Wildman–Crippen LogP) is 1.62. The Morgan fingerprint density at radius 1 is 1.21 bits per heavy atom. The fourth-order valence-corrected chi connectivity index (χ4v) is 2.25. The van der Waals surface area contributed by atoms with Crippen molar-refractivity contribution in [2.45, 2.75) is 51.6 Å². The summed E-state index contributed by atoms with van der Waals surface area (Å²) in [6, 6.07) is 1.08. The number of piperidine rings is 1. The number of aryl methyl sites for hydroxylation is 1. The van der Waals surface area contributed by atoms with E-state index in [1.165, 1.54) is 0 Å². The van der Waals surface area contributed by atoms with E-state index in [0.29, 0.717) is 23.9 Å². The molecule has 2 atom stereocenters. The van der Waals surface area contributed by atoms with Gasteiger partial charge in [-0.25, -0.2) is 0 Å². The summed E-state index contributed by atoms with van der Waals surface area (Å²) < 4.78 is 5.47. The van der Waals surface area contributed by atoms with E-state index in [4.69, 9.17) is 4.42 Å². The van der Waals surface area contributed by atoms with E-state index in [0.717, 1.165) is 18.7 Å². The maximum absolute atomic E-state index is 5.47. The second-order valence-electron chi connectivity index (χ2n) is 4.30. The lowest BCUT2D eigenvalue weighted by atomic mass is 9.89. The number of aromatic nitrogens is 2. The molecule has 0 aromatic carbocycles. The van der Waals surface area contributed by atoms with E-state index in [9.17, 15) is 0 Å². The minimum Gasteiger partial charge on any atom is -0.425 e. The second-order valence-corrected chi connectivity index (χ2v) is 4.30. The van der Waals surface area contributed by atoms with Gasteiger partial charge in [0.05, 0.1) is 0 Å². The Bertz CT molecular complexity index is 300. The Morgan fingerprint density at radius 2 is 1.86 bits per heavy atom. The second kappa shape index (κ2) is 3.69. The van der Waals surface area contributed by atoms with Crippen LogP contribution in [0, 0.1) is 6.92 Å². The van der Waals surface area contributed by atoms with E-state index in [-0.39, 0.29) is 0 Å². The third-order valence-corrected chi connectivity index (χ3v) is 2.74. The molecule has 0 radical (unpaired) electrons. The van der Waals surface area contributed by atoms with Gasteiger partial charge in [0, 0.05) is 24.9 Å². The molecule has 4 heteroatoms. The van der Waals surface area contributed by atoms with Crippen molar-refractivity contribution in [1.29, 1.82) is 0 Å². The minimum atomic E-state index is 0.433. The number of hydrogen-bond donors (Lipinski definition) is 1. The summed E-state index contributed by atoms with van der Waals surface area (Å²) >= 11 is 0. The van der Waals surface area contributed by atoms with E-state index < -0.39 is 0 Å². The molecule has 1 aromatic rings. The smallest absolute Gasteiger partial charge is 0.219 e. The first-order chi connectivity index (χ1) is 6.65. The van der Waals surface area contributed by atoms with Gasteiger partial charge in [0.15, 0.2) is 0 Å². The SMILES string of the molecule is Cc1nnc(C2C[C@H](C)N[C@@H](C)C2)o1. The van der Waals surface area contributed by atoms with Crippen LogP contribution in [-0.4, -0.2) is 22.3 Å². The summed E-state index contributed by atoms with van der Waals surface area (Å²) in [5, 5.41) is 11.5. The third-order valence-electron chi connectivity index (χ3n) is 2.74. The van der Waals surface area contributed by atoms with E-state index in [1.807, 2.05) is 6.92 Å². The number of hydrogen-bond acceptors (Lipinski definition) is 4. The van der Waals surface area contributed by atoms with Gasteiger partial charge < -0.3 is 9.73 Å². The van der Waals surface area contributed by atoms with Crippen molar-refractivity contribution in [1.82, 2.24) is 15.5 Å². The van der Waals surface area contributed by atoms with Crippen LogP contribution in [0.15, 0.2) is 4.42 Å². The van der Waals surface area contributed by atoms with Crippen molar-refractivity contribution in [2.24, 2.45) is 0 Å². The molecule has 0 unspecified atom stereocenters. The average Bonchev–Trinajstić information content (AvgIpc) is 2.50. The summed E-state index contributed by atoms with van der Waals surface area (Å²) in [6.45, 7) is 6.24. The molecule has 0 spiro atoms. The Labute approximate surface area is 84.1 Å². The Morgan fingerprint density at radius 3 is 2.36 bits per heavy atom. The average molecular weight is 195 g/mol. The van der Waals surface area contributed by atoms with Gasteiger partial charge in [-0.1, -0.05) is 0 Å². The van der Waals surface area contributed by atoms with Crippen molar-refractivity contribution in [3.05, 3.63) is 11.8 Å². The first kappa shape index (κ1) is 9.65. The van der Waals surface area contributed by atoms with Gasteiger partial charge in [-0.05, 0) is 26.7 Å². The zero-order valence-corrected chi connectivity index (χ0v) is 8.95. The highest BCUT2D eigenvalue weighted by Gasteiger charge is 2.27. The monoisotopic (exact) mass is 195 g/mol. The van der Waals surface area contributed by atoms with Gasteiger partial charge in [0.2, 0.25) is 11.8 Å². The van der Waals surface area contributed by atoms with Crippen molar-refractivity contribution in [2.75, 3.05) is 0 Å². The Balaban J connectivity index is 2.10. The number of nitrogens with zero attached hydrogens (tertiary/aromatic N) is 2. The highest BCUT2D eigenvalue weighted by Crippen LogP contribution is 2.28.